The fourth-order valence-corrected chi connectivity index (χ4v) is 3.28. The average molecular weight is 236 g/mol. The van der Waals surface area contributed by atoms with Gasteiger partial charge in [-0.05, 0) is 31.4 Å². The third-order valence-electron chi connectivity index (χ3n) is 3.12. The summed E-state index contributed by atoms with van der Waals surface area (Å²) >= 11 is 1.96. The number of anilines is 1. The maximum Gasteiger partial charge on any atom is 0.144 e. The van der Waals surface area contributed by atoms with Gasteiger partial charge in [-0.25, -0.2) is 15.8 Å². The van der Waals surface area contributed by atoms with Crippen molar-refractivity contribution in [1.82, 2.24) is 9.97 Å². The molecule has 1 saturated carbocycles. The lowest BCUT2D eigenvalue weighted by Crippen LogP contribution is -2.12. The molecule has 4 nitrogen and oxygen atoms in total. The summed E-state index contributed by atoms with van der Waals surface area (Å²) in [5, 5.41) is 0.478. The maximum absolute atomic E-state index is 5.46. The van der Waals surface area contributed by atoms with Crippen LogP contribution in [0.25, 0.3) is 0 Å². The first-order valence-electron chi connectivity index (χ1n) is 5.84. The number of nitrogens with one attached hydrogen (secondary N) is 1. The molecule has 16 heavy (non-hydrogen) atoms. The quantitative estimate of drug-likeness (QED) is 0.622. The van der Waals surface area contributed by atoms with E-state index in [1.165, 1.54) is 37.1 Å². The van der Waals surface area contributed by atoms with Gasteiger partial charge in [-0.3, -0.25) is 0 Å². The van der Waals surface area contributed by atoms with Crippen molar-refractivity contribution in [3.05, 3.63) is 17.6 Å². The van der Waals surface area contributed by atoms with Crippen LogP contribution in [0.3, 0.4) is 0 Å². The van der Waals surface area contributed by atoms with E-state index < -0.39 is 0 Å². The molecule has 86 valence electrons. The van der Waals surface area contributed by atoms with Gasteiger partial charge < -0.3 is 5.43 Å². The highest BCUT2D eigenvalue weighted by atomic mass is 32.2. The lowest BCUT2D eigenvalue weighted by Gasteiger charge is -2.11. The minimum atomic E-state index is 0.478. The Morgan fingerprint density at radius 2 is 2.19 bits per heavy atom. The molecule has 0 amide bonds. The Balaban J connectivity index is 1.92. The Morgan fingerprint density at radius 1 is 1.31 bits per heavy atom. The van der Waals surface area contributed by atoms with Crippen molar-refractivity contribution in [2.75, 3.05) is 11.2 Å². The van der Waals surface area contributed by atoms with Gasteiger partial charge in [0, 0.05) is 17.7 Å². The van der Waals surface area contributed by atoms with Gasteiger partial charge in [-0.15, -0.1) is 0 Å². The summed E-state index contributed by atoms with van der Waals surface area (Å²) in [4.78, 5) is 9.17. The van der Waals surface area contributed by atoms with E-state index >= 15 is 0 Å². The van der Waals surface area contributed by atoms with Crippen LogP contribution in [0.5, 0.6) is 0 Å². The summed E-state index contributed by atoms with van der Waals surface area (Å²) in [7, 11) is 0. The molecule has 1 saturated heterocycles. The molecule has 1 aliphatic heterocycles. The third kappa shape index (κ3) is 2.01. The van der Waals surface area contributed by atoms with Crippen LogP contribution < -0.4 is 11.3 Å². The molecule has 1 aromatic rings. The monoisotopic (exact) mass is 236 g/mol. The minimum absolute atomic E-state index is 0.478. The van der Waals surface area contributed by atoms with Crippen molar-refractivity contribution in [3.63, 3.8) is 0 Å². The van der Waals surface area contributed by atoms with Crippen molar-refractivity contribution in [2.24, 2.45) is 5.84 Å². The SMILES string of the molecule is NNc1cc(C2CC2)nc(C2CCCS2)n1. The summed E-state index contributed by atoms with van der Waals surface area (Å²) < 4.78 is 0. The molecule has 1 atom stereocenters. The second-order valence-corrected chi connectivity index (χ2v) is 5.77. The smallest absolute Gasteiger partial charge is 0.144 e. The Hall–Kier alpha value is -0.810. The first-order chi connectivity index (χ1) is 7.86. The van der Waals surface area contributed by atoms with E-state index in [2.05, 4.69) is 10.4 Å². The van der Waals surface area contributed by atoms with Gasteiger partial charge in [0.2, 0.25) is 0 Å². The largest absolute Gasteiger partial charge is 0.308 e. The lowest BCUT2D eigenvalue weighted by molar-refractivity contribution is 0.765. The standard InChI is InChI=1S/C11H16N4S/c12-15-10-6-8(7-3-4-7)13-11(14-10)9-2-1-5-16-9/h6-7,9H,1-5,12H2,(H,13,14,15). The molecule has 3 N–H and O–H groups in total. The van der Waals surface area contributed by atoms with Gasteiger partial charge >= 0.3 is 0 Å². The number of nitrogen functional groups attached to an aromatic ring is 1. The maximum atomic E-state index is 5.46. The Kier molecular flexibility index (Phi) is 2.73. The number of hydrazine groups is 1. The van der Waals surface area contributed by atoms with E-state index in [0.717, 1.165) is 11.6 Å². The summed E-state index contributed by atoms with van der Waals surface area (Å²) in [5.41, 5.74) is 3.83. The second kappa shape index (κ2) is 4.22. The predicted molar refractivity (Wildman–Crippen MR) is 66.3 cm³/mol. The van der Waals surface area contributed by atoms with Crippen LogP contribution >= 0.6 is 11.8 Å². The zero-order valence-electron chi connectivity index (χ0n) is 9.15. The summed E-state index contributed by atoms with van der Waals surface area (Å²) in [6.07, 6.45) is 5.00. The van der Waals surface area contributed by atoms with E-state index in [4.69, 9.17) is 10.8 Å². The van der Waals surface area contributed by atoms with Gasteiger partial charge in [0.25, 0.3) is 0 Å². The molecular weight excluding hydrogens is 220 g/mol. The molecule has 0 bridgehead atoms. The molecule has 1 aromatic heterocycles. The molecule has 0 aromatic carbocycles. The fraction of sp³-hybridized carbons (Fsp3) is 0.636. The second-order valence-electron chi connectivity index (χ2n) is 4.46. The topological polar surface area (TPSA) is 63.8 Å². The molecule has 5 heteroatoms. The van der Waals surface area contributed by atoms with Crippen molar-refractivity contribution < 1.29 is 0 Å². The Labute approximate surface area is 99.4 Å². The Morgan fingerprint density at radius 3 is 2.81 bits per heavy atom. The van der Waals surface area contributed by atoms with Gasteiger partial charge in [-0.1, -0.05) is 0 Å². The zero-order chi connectivity index (χ0) is 11.0. The summed E-state index contributed by atoms with van der Waals surface area (Å²) in [6, 6.07) is 1.99. The molecule has 2 aliphatic rings. The van der Waals surface area contributed by atoms with E-state index in [1.807, 2.05) is 17.8 Å². The van der Waals surface area contributed by atoms with Crippen LogP contribution in [0.4, 0.5) is 5.82 Å². The van der Waals surface area contributed by atoms with Gasteiger partial charge in [-0.2, -0.15) is 11.8 Å². The zero-order valence-corrected chi connectivity index (χ0v) is 9.96. The third-order valence-corrected chi connectivity index (χ3v) is 4.50. The van der Waals surface area contributed by atoms with Crippen molar-refractivity contribution in [3.8, 4) is 0 Å². The average Bonchev–Trinajstić information content (AvgIpc) is 3.04. The van der Waals surface area contributed by atoms with E-state index in [0.29, 0.717) is 11.2 Å². The number of hydrogen-bond donors (Lipinski definition) is 2. The molecular formula is C11H16N4S. The number of aromatic nitrogens is 2. The summed E-state index contributed by atoms with van der Waals surface area (Å²) in [5.74, 6) is 9.08. The normalized spacial score (nSPS) is 24.7. The molecule has 2 heterocycles. The van der Waals surface area contributed by atoms with E-state index in [9.17, 15) is 0 Å². The number of nitrogens with zero attached hydrogens (tertiary/aromatic N) is 2. The molecule has 1 unspecified atom stereocenters. The van der Waals surface area contributed by atoms with E-state index in [-0.39, 0.29) is 0 Å². The van der Waals surface area contributed by atoms with Crippen molar-refractivity contribution >= 4 is 17.6 Å². The molecule has 2 fully saturated rings. The predicted octanol–water partition coefficient (Wildman–Crippen LogP) is 2.21. The van der Waals surface area contributed by atoms with Crippen LogP contribution in [-0.2, 0) is 0 Å². The molecule has 3 rings (SSSR count). The molecule has 1 aliphatic carbocycles. The van der Waals surface area contributed by atoms with Gasteiger partial charge in [0.1, 0.15) is 11.6 Å². The number of hydrogen-bond acceptors (Lipinski definition) is 5. The molecule has 0 radical (unpaired) electrons. The highest BCUT2D eigenvalue weighted by molar-refractivity contribution is 7.99. The van der Waals surface area contributed by atoms with Gasteiger partial charge in [0.05, 0.1) is 5.25 Å². The first-order valence-corrected chi connectivity index (χ1v) is 6.89. The summed E-state index contributed by atoms with van der Waals surface area (Å²) in [6.45, 7) is 0. The lowest BCUT2D eigenvalue weighted by atomic mass is 10.2. The van der Waals surface area contributed by atoms with Crippen LogP contribution in [0.1, 0.15) is 48.4 Å². The van der Waals surface area contributed by atoms with Gasteiger partial charge in [0.15, 0.2) is 0 Å². The van der Waals surface area contributed by atoms with E-state index in [1.54, 1.807) is 0 Å². The number of nitrogens with two attached hydrogens (primary N) is 1. The van der Waals surface area contributed by atoms with Crippen molar-refractivity contribution in [1.29, 1.82) is 0 Å². The van der Waals surface area contributed by atoms with Crippen molar-refractivity contribution in [2.45, 2.75) is 36.9 Å². The van der Waals surface area contributed by atoms with Crippen LogP contribution in [-0.4, -0.2) is 15.7 Å². The van der Waals surface area contributed by atoms with Crippen LogP contribution in [0.15, 0.2) is 6.07 Å². The number of thioether (sulfide) groups is 1. The Bertz CT molecular complexity index is 386. The fourth-order valence-electron chi connectivity index (χ4n) is 2.07. The highest BCUT2D eigenvalue weighted by Gasteiger charge is 2.28. The van der Waals surface area contributed by atoms with Crippen LogP contribution in [0.2, 0.25) is 0 Å². The van der Waals surface area contributed by atoms with Crippen LogP contribution in [0, 0.1) is 0 Å². The minimum Gasteiger partial charge on any atom is -0.308 e. The molecule has 0 spiro atoms. The number of rotatable bonds is 3. The first kappa shape index (κ1) is 10.4. The highest BCUT2D eigenvalue weighted by Crippen LogP contribution is 2.42.